The third kappa shape index (κ3) is 6.49. The van der Waals surface area contributed by atoms with Crippen molar-refractivity contribution < 1.29 is 32.6 Å². The van der Waals surface area contributed by atoms with E-state index in [0.29, 0.717) is 29.8 Å². The predicted octanol–water partition coefficient (Wildman–Crippen LogP) is 5.35. The van der Waals surface area contributed by atoms with Gasteiger partial charge in [0, 0.05) is 25.0 Å². The first-order valence-electron chi connectivity index (χ1n) is 11.8. The summed E-state index contributed by atoms with van der Waals surface area (Å²) in [4.78, 5) is 32.4. The number of carbonyl (C=O) groups excluding carboxylic acids is 1. The number of benzene rings is 1. The van der Waals surface area contributed by atoms with E-state index < -0.39 is 23.8 Å². The molecule has 0 unspecified atom stereocenters. The molecule has 1 aliphatic carbocycles. The van der Waals surface area contributed by atoms with Gasteiger partial charge in [-0.25, -0.2) is 14.8 Å². The SMILES string of the molecule is COC(=O)CC1=C(CCc2nc(Nc3ccc4c(c3)CCN(C(=O)O)C4)ncc2C(F)(F)F)C=C=CC=C1. The predicted molar refractivity (Wildman–Crippen MR) is 133 cm³/mol. The molecular weight excluding hydrogens is 501 g/mol. The number of nitrogens with zero attached hydrogens (tertiary/aromatic N) is 3. The number of methoxy groups -OCH3 is 1. The molecule has 198 valence electrons. The third-order valence-corrected chi connectivity index (χ3v) is 6.27. The van der Waals surface area contributed by atoms with E-state index in [0.717, 1.165) is 17.3 Å². The minimum absolute atomic E-state index is 0.0101. The van der Waals surface area contributed by atoms with Crippen LogP contribution in [0.2, 0.25) is 0 Å². The van der Waals surface area contributed by atoms with Crippen LogP contribution in [-0.4, -0.2) is 45.7 Å². The lowest BCUT2D eigenvalue weighted by molar-refractivity contribution is -0.140. The number of hydrogen-bond acceptors (Lipinski definition) is 6. The quantitative estimate of drug-likeness (QED) is 0.370. The molecule has 0 saturated heterocycles. The summed E-state index contributed by atoms with van der Waals surface area (Å²) in [5, 5.41) is 12.2. The smallest absolute Gasteiger partial charge is 0.419 e. The molecular formula is C27H25F3N4O4. The fourth-order valence-electron chi connectivity index (χ4n) is 4.28. The monoisotopic (exact) mass is 526 g/mol. The summed E-state index contributed by atoms with van der Waals surface area (Å²) in [6.45, 7) is 0.637. The van der Waals surface area contributed by atoms with Crippen molar-refractivity contribution in [3.63, 3.8) is 0 Å². The Labute approximate surface area is 216 Å². The lowest BCUT2D eigenvalue weighted by Gasteiger charge is -2.26. The number of aryl methyl sites for hydroxylation is 1. The number of carboxylic acid groups (broad SMARTS) is 1. The van der Waals surface area contributed by atoms with E-state index in [2.05, 4.69) is 21.0 Å². The van der Waals surface area contributed by atoms with Gasteiger partial charge in [-0.3, -0.25) is 4.79 Å². The molecule has 38 heavy (non-hydrogen) atoms. The number of hydrogen-bond donors (Lipinski definition) is 2. The van der Waals surface area contributed by atoms with Gasteiger partial charge in [0.05, 0.1) is 24.8 Å². The van der Waals surface area contributed by atoms with Gasteiger partial charge in [0.1, 0.15) is 0 Å². The van der Waals surface area contributed by atoms with Gasteiger partial charge >= 0.3 is 18.2 Å². The summed E-state index contributed by atoms with van der Waals surface area (Å²) in [5.41, 5.74) is 5.52. The molecule has 1 aromatic heterocycles. The maximum absolute atomic E-state index is 13.8. The highest BCUT2D eigenvalue weighted by atomic mass is 19.4. The number of allylic oxidation sites excluding steroid dienone is 4. The zero-order chi connectivity index (χ0) is 27.3. The number of alkyl halides is 3. The van der Waals surface area contributed by atoms with Crippen molar-refractivity contribution >= 4 is 23.7 Å². The normalized spacial score (nSPS) is 14.8. The largest absolute Gasteiger partial charge is 0.469 e. The molecule has 0 radical (unpaired) electrons. The summed E-state index contributed by atoms with van der Waals surface area (Å²) in [5.74, 6) is -0.446. The average molecular weight is 527 g/mol. The van der Waals surface area contributed by atoms with E-state index in [-0.39, 0.29) is 37.4 Å². The summed E-state index contributed by atoms with van der Waals surface area (Å²) in [6, 6.07) is 5.32. The van der Waals surface area contributed by atoms with Crippen LogP contribution < -0.4 is 5.32 Å². The molecule has 2 heterocycles. The lowest BCUT2D eigenvalue weighted by atomic mass is 9.98. The number of aromatic nitrogens is 2. The second-order valence-electron chi connectivity index (χ2n) is 8.75. The van der Waals surface area contributed by atoms with Crippen molar-refractivity contribution in [3.05, 3.63) is 88.0 Å². The summed E-state index contributed by atoms with van der Waals surface area (Å²) >= 11 is 0. The number of amides is 1. The molecule has 8 nitrogen and oxygen atoms in total. The number of anilines is 2. The molecule has 2 aromatic rings. The Kier molecular flexibility index (Phi) is 7.97. The number of nitrogens with one attached hydrogen (secondary N) is 1. The van der Waals surface area contributed by atoms with Crippen LogP contribution in [0.4, 0.5) is 29.6 Å². The minimum atomic E-state index is -4.64. The second kappa shape index (κ2) is 11.4. The molecule has 1 aliphatic heterocycles. The number of rotatable bonds is 7. The number of halogens is 3. The molecule has 1 amide bonds. The third-order valence-electron chi connectivity index (χ3n) is 6.27. The summed E-state index contributed by atoms with van der Waals surface area (Å²) < 4.78 is 46.0. The highest BCUT2D eigenvalue weighted by Gasteiger charge is 2.35. The van der Waals surface area contributed by atoms with Crippen LogP contribution in [0.3, 0.4) is 0 Å². The molecule has 1 aromatic carbocycles. The van der Waals surface area contributed by atoms with E-state index in [1.165, 1.54) is 12.0 Å². The molecule has 0 fully saturated rings. The Balaban J connectivity index is 1.57. The topological polar surface area (TPSA) is 105 Å². The average Bonchev–Trinajstić information content (AvgIpc) is 3.11. The second-order valence-corrected chi connectivity index (χ2v) is 8.75. The zero-order valence-electron chi connectivity index (χ0n) is 20.5. The minimum Gasteiger partial charge on any atom is -0.469 e. The lowest BCUT2D eigenvalue weighted by Crippen LogP contribution is -2.34. The molecule has 2 aliphatic rings. The van der Waals surface area contributed by atoms with E-state index >= 15 is 0 Å². The highest BCUT2D eigenvalue weighted by Crippen LogP contribution is 2.33. The van der Waals surface area contributed by atoms with E-state index in [1.54, 1.807) is 36.4 Å². The van der Waals surface area contributed by atoms with Gasteiger partial charge in [-0.15, -0.1) is 5.73 Å². The fourth-order valence-corrected chi connectivity index (χ4v) is 4.28. The Morgan fingerprint density at radius 3 is 2.76 bits per heavy atom. The van der Waals surface area contributed by atoms with Crippen molar-refractivity contribution in [2.24, 2.45) is 0 Å². The van der Waals surface area contributed by atoms with Crippen LogP contribution in [0, 0.1) is 0 Å². The van der Waals surface area contributed by atoms with E-state index in [4.69, 9.17) is 4.74 Å². The molecule has 0 saturated carbocycles. The molecule has 0 spiro atoms. The molecule has 11 heteroatoms. The standard InChI is InChI=1S/C27H25F3N4O4/c1-38-24(35)14-18-6-4-2-3-5-17(18)8-10-23-22(27(28,29)30)15-31-25(33-23)32-21-9-7-20-16-34(26(36)37)12-11-19(20)13-21/h2,4-7,9,13,15H,8,10-12,14,16H2,1H3,(H,36,37)(H,31,32,33). The number of esters is 1. The van der Waals surface area contributed by atoms with Gasteiger partial charge in [0.2, 0.25) is 5.95 Å². The van der Waals surface area contributed by atoms with Gasteiger partial charge in [-0.1, -0.05) is 18.2 Å². The van der Waals surface area contributed by atoms with E-state index in [9.17, 15) is 27.9 Å². The molecule has 4 rings (SSSR count). The van der Waals surface area contributed by atoms with Gasteiger partial charge in [-0.05, 0) is 65.8 Å². The van der Waals surface area contributed by atoms with E-state index in [1.807, 2.05) is 6.07 Å². The Bertz CT molecular complexity index is 1370. The number of carbonyl (C=O) groups is 2. The Morgan fingerprint density at radius 2 is 2.03 bits per heavy atom. The molecule has 2 N–H and O–H groups in total. The van der Waals surface area contributed by atoms with Gasteiger partial charge in [0.15, 0.2) is 0 Å². The summed E-state index contributed by atoms with van der Waals surface area (Å²) in [6.07, 6.45) is 2.50. The Hall–Kier alpha value is -4.37. The molecule has 0 atom stereocenters. The van der Waals surface area contributed by atoms with Crippen molar-refractivity contribution in [1.29, 1.82) is 0 Å². The van der Waals surface area contributed by atoms with Crippen molar-refractivity contribution in [3.8, 4) is 0 Å². The van der Waals surface area contributed by atoms with Crippen LogP contribution in [-0.2, 0) is 35.1 Å². The maximum atomic E-state index is 13.8. The summed E-state index contributed by atoms with van der Waals surface area (Å²) in [7, 11) is 1.27. The fraction of sp³-hybridized carbons (Fsp3) is 0.296. The van der Waals surface area contributed by atoms with Crippen LogP contribution in [0.15, 0.2) is 65.6 Å². The van der Waals surface area contributed by atoms with Crippen LogP contribution in [0.25, 0.3) is 0 Å². The maximum Gasteiger partial charge on any atom is 0.419 e. The molecule has 0 bridgehead atoms. The van der Waals surface area contributed by atoms with Crippen LogP contribution >= 0.6 is 0 Å². The van der Waals surface area contributed by atoms with Crippen molar-refractivity contribution in [1.82, 2.24) is 14.9 Å². The van der Waals surface area contributed by atoms with Crippen LogP contribution in [0.5, 0.6) is 0 Å². The first-order chi connectivity index (χ1) is 18.1. The van der Waals surface area contributed by atoms with Crippen LogP contribution in [0.1, 0.15) is 35.2 Å². The van der Waals surface area contributed by atoms with Gasteiger partial charge < -0.3 is 20.1 Å². The van der Waals surface area contributed by atoms with Gasteiger partial charge in [-0.2, -0.15) is 13.2 Å². The number of fused-ring (bicyclic) bond motifs is 1. The first kappa shape index (κ1) is 26.7. The highest BCUT2D eigenvalue weighted by molar-refractivity contribution is 5.74. The Morgan fingerprint density at radius 1 is 1.21 bits per heavy atom. The van der Waals surface area contributed by atoms with Crippen molar-refractivity contribution in [2.45, 2.75) is 38.4 Å². The van der Waals surface area contributed by atoms with Gasteiger partial charge in [0.25, 0.3) is 0 Å². The van der Waals surface area contributed by atoms with Crippen molar-refractivity contribution in [2.75, 3.05) is 19.0 Å². The number of ether oxygens (including phenoxy) is 1. The first-order valence-corrected chi connectivity index (χ1v) is 11.8. The zero-order valence-corrected chi connectivity index (χ0v) is 20.5.